The standard InChI is InChI=1S/C15H14F3N3O5S/c16-15(17,18)14(25)26-12-9(22)3-20-2-8(11(12)23)21-4-6-7(13(21)24)5-27-10(6)1-19/h5,8,12,20H,1-4,19H2. The molecule has 0 aromatic carbocycles. The largest absolute Gasteiger partial charge is 0.490 e. The molecule has 146 valence electrons. The molecule has 2 atom stereocenters. The van der Waals surface area contributed by atoms with Gasteiger partial charge in [-0.3, -0.25) is 14.4 Å². The van der Waals surface area contributed by atoms with E-state index in [0.717, 1.165) is 9.78 Å². The summed E-state index contributed by atoms with van der Waals surface area (Å²) < 4.78 is 41.5. The second-order valence-electron chi connectivity index (χ2n) is 5.99. The first-order chi connectivity index (χ1) is 12.6. The molecule has 0 radical (unpaired) electrons. The van der Waals surface area contributed by atoms with Crippen molar-refractivity contribution < 1.29 is 37.1 Å². The van der Waals surface area contributed by atoms with Gasteiger partial charge < -0.3 is 20.7 Å². The highest BCUT2D eigenvalue weighted by molar-refractivity contribution is 7.10. The van der Waals surface area contributed by atoms with Crippen molar-refractivity contribution in [2.24, 2.45) is 5.73 Å². The Hall–Kier alpha value is -2.31. The van der Waals surface area contributed by atoms with E-state index >= 15 is 0 Å². The number of esters is 1. The van der Waals surface area contributed by atoms with Crippen LogP contribution in [-0.2, 0) is 32.2 Å². The van der Waals surface area contributed by atoms with Crippen molar-refractivity contribution in [3.63, 3.8) is 0 Å². The predicted octanol–water partition coefficient (Wildman–Crippen LogP) is -0.253. The number of Topliss-reactive ketones (excluding diaryl/α,β-unsaturated/α-hetero) is 2. The third-order valence-corrected chi connectivity index (χ3v) is 5.39. The number of nitrogens with one attached hydrogen (secondary N) is 1. The van der Waals surface area contributed by atoms with Crippen molar-refractivity contribution in [3.05, 3.63) is 21.4 Å². The summed E-state index contributed by atoms with van der Waals surface area (Å²) in [5.74, 6) is -5.20. The van der Waals surface area contributed by atoms with Gasteiger partial charge in [0.15, 0.2) is 5.78 Å². The summed E-state index contributed by atoms with van der Waals surface area (Å²) in [5, 5.41) is 4.20. The average Bonchev–Trinajstić information content (AvgIpc) is 3.11. The summed E-state index contributed by atoms with van der Waals surface area (Å²) in [4.78, 5) is 50.2. The normalized spacial score (nSPS) is 23.4. The molecule has 1 saturated heterocycles. The number of thiophene rings is 1. The highest BCUT2D eigenvalue weighted by Crippen LogP contribution is 2.33. The number of carbonyl (C=O) groups is 4. The van der Waals surface area contributed by atoms with Crippen molar-refractivity contribution in [1.82, 2.24) is 10.2 Å². The van der Waals surface area contributed by atoms with E-state index in [1.807, 2.05) is 0 Å². The van der Waals surface area contributed by atoms with Crippen LogP contribution < -0.4 is 11.1 Å². The first kappa shape index (κ1) is 19.5. The molecule has 27 heavy (non-hydrogen) atoms. The van der Waals surface area contributed by atoms with E-state index < -0.39 is 48.3 Å². The summed E-state index contributed by atoms with van der Waals surface area (Å²) >= 11 is 1.30. The summed E-state index contributed by atoms with van der Waals surface area (Å²) in [7, 11) is 0. The highest BCUT2D eigenvalue weighted by atomic mass is 32.1. The fourth-order valence-electron chi connectivity index (χ4n) is 3.02. The van der Waals surface area contributed by atoms with Crippen LogP contribution in [0.4, 0.5) is 13.2 Å². The third kappa shape index (κ3) is 3.47. The maximum absolute atomic E-state index is 12.7. The van der Waals surface area contributed by atoms with Gasteiger partial charge >= 0.3 is 12.1 Å². The number of nitrogens with two attached hydrogens (primary N) is 1. The molecule has 3 rings (SSSR count). The van der Waals surface area contributed by atoms with Gasteiger partial charge in [-0.1, -0.05) is 0 Å². The number of hydrogen-bond acceptors (Lipinski definition) is 8. The Morgan fingerprint density at radius 2 is 2.07 bits per heavy atom. The molecule has 1 amide bonds. The third-order valence-electron chi connectivity index (χ3n) is 4.33. The number of ketones is 2. The van der Waals surface area contributed by atoms with Gasteiger partial charge in [-0.2, -0.15) is 13.2 Å². The van der Waals surface area contributed by atoms with Crippen LogP contribution in [0.3, 0.4) is 0 Å². The first-order valence-electron chi connectivity index (χ1n) is 7.80. The van der Waals surface area contributed by atoms with E-state index in [1.165, 1.54) is 11.3 Å². The van der Waals surface area contributed by atoms with Crippen LogP contribution in [0.25, 0.3) is 0 Å². The molecule has 0 spiro atoms. The predicted molar refractivity (Wildman–Crippen MR) is 84.7 cm³/mol. The molecule has 3 N–H and O–H groups in total. The molecule has 0 bridgehead atoms. The lowest BCUT2D eigenvalue weighted by Gasteiger charge is -2.27. The van der Waals surface area contributed by atoms with E-state index in [9.17, 15) is 32.3 Å². The van der Waals surface area contributed by atoms with E-state index in [-0.39, 0.29) is 19.6 Å². The summed E-state index contributed by atoms with van der Waals surface area (Å²) in [5.41, 5.74) is 6.64. The van der Waals surface area contributed by atoms with Crippen LogP contribution in [0.15, 0.2) is 5.38 Å². The zero-order valence-electron chi connectivity index (χ0n) is 13.7. The molecule has 1 aromatic rings. The van der Waals surface area contributed by atoms with Crippen LogP contribution in [-0.4, -0.2) is 59.8 Å². The fourth-order valence-corrected chi connectivity index (χ4v) is 3.93. The molecule has 8 nitrogen and oxygen atoms in total. The van der Waals surface area contributed by atoms with Crippen molar-refractivity contribution in [2.75, 3.05) is 13.1 Å². The van der Waals surface area contributed by atoms with E-state index in [2.05, 4.69) is 10.1 Å². The molecule has 2 unspecified atom stereocenters. The smallest absolute Gasteiger partial charge is 0.439 e. The number of halogens is 3. The minimum Gasteiger partial charge on any atom is -0.439 e. The molecule has 2 aliphatic rings. The molecule has 0 saturated carbocycles. The van der Waals surface area contributed by atoms with Gasteiger partial charge in [0.1, 0.15) is 6.04 Å². The molecule has 1 aromatic heterocycles. The number of carbonyl (C=O) groups excluding carboxylic acids is 4. The monoisotopic (exact) mass is 405 g/mol. The molecular formula is C15H14F3N3O5S. The van der Waals surface area contributed by atoms with Gasteiger partial charge in [-0.15, -0.1) is 11.3 Å². The van der Waals surface area contributed by atoms with Gasteiger partial charge in [-0.25, -0.2) is 4.79 Å². The quantitative estimate of drug-likeness (QED) is 0.526. The number of rotatable bonds is 3. The lowest BCUT2D eigenvalue weighted by Crippen LogP contribution is -2.51. The summed E-state index contributed by atoms with van der Waals surface area (Å²) in [6.45, 7) is -0.379. The highest BCUT2D eigenvalue weighted by Gasteiger charge is 2.49. The molecule has 1 fully saturated rings. The molecule has 0 aliphatic carbocycles. The first-order valence-corrected chi connectivity index (χ1v) is 8.68. The average molecular weight is 405 g/mol. The van der Waals surface area contributed by atoms with Crippen LogP contribution in [0.1, 0.15) is 20.8 Å². The zero-order chi connectivity index (χ0) is 19.9. The second-order valence-corrected chi connectivity index (χ2v) is 6.95. The van der Waals surface area contributed by atoms with Gasteiger partial charge in [0.05, 0.1) is 12.1 Å². The second kappa shape index (κ2) is 7.02. The van der Waals surface area contributed by atoms with E-state index in [4.69, 9.17) is 5.73 Å². The van der Waals surface area contributed by atoms with Crippen LogP contribution in [0.2, 0.25) is 0 Å². The van der Waals surface area contributed by atoms with Gasteiger partial charge in [0.25, 0.3) is 5.91 Å². The minimum atomic E-state index is -5.35. The molecule has 12 heteroatoms. The Kier molecular flexibility index (Phi) is 5.06. The minimum absolute atomic E-state index is 0.0381. The van der Waals surface area contributed by atoms with Crippen molar-refractivity contribution in [1.29, 1.82) is 0 Å². The topological polar surface area (TPSA) is 119 Å². The van der Waals surface area contributed by atoms with E-state index in [0.29, 0.717) is 11.1 Å². The number of nitrogens with zero attached hydrogens (tertiary/aromatic N) is 1. The Balaban J connectivity index is 1.85. The van der Waals surface area contributed by atoms with Crippen LogP contribution >= 0.6 is 11.3 Å². The maximum atomic E-state index is 12.7. The van der Waals surface area contributed by atoms with Crippen molar-refractivity contribution >= 4 is 34.8 Å². The van der Waals surface area contributed by atoms with Crippen molar-refractivity contribution in [2.45, 2.75) is 31.4 Å². The zero-order valence-corrected chi connectivity index (χ0v) is 14.5. The Morgan fingerprint density at radius 1 is 1.37 bits per heavy atom. The van der Waals surface area contributed by atoms with E-state index in [1.54, 1.807) is 5.38 Å². The number of fused-ring (bicyclic) bond motifs is 1. The van der Waals surface area contributed by atoms with Crippen LogP contribution in [0, 0.1) is 0 Å². The summed E-state index contributed by atoms with van der Waals surface area (Å²) in [6, 6.07) is -1.25. The Morgan fingerprint density at radius 3 is 2.70 bits per heavy atom. The fraction of sp³-hybridized carbons (Fsp3) is 0.467. The van der Waals surface area contributed by atoms with Gasteiger partial charge in [-0.05, 0) is 5.56 Å². The number of alkyl halides is 3. The summed E-state index contributed by atoms with van der Waals surface area (Å²) in [6.07, 6.45) is -7.57. The Labute approximate surface area is 154 Å². The SMILES string of the molecule is NCc1scc2c1CN(C1CNCC(=O)C(OC(=O)C(F)(F)F)C1=O)C2=O. The maximum Gasteiger partial charge on any atom is 0.490 e. The lowest BCUT2D eigenvalue weighted by atomic mass is 10.0. The van der Waals surface area contributed by atoms with Gasteiger partial charge in [0.2, 0.25) is 11.9 Å². The molecular weight excluding hydrogens is 391 g/mol. The Bertz CT molecular complexity index is 822. The van der Waals surface area contributed by atoms with Gasteiger partial charge in [0, 0.05) is 29.9 Å². The lowest BCUT2D eigenvalue weighted by molar-refractivity contribution is -0.205. The molecule has 2 aliphatic heterocycles. The molecule has 3 heterocycles. The number of amides is 1. The number of hydrogen-bond donors (Lipinski definition) is 2. The van der Waals surface area contributed by atoms with Crippen molar-refractivity contribution in [3.8, 4) is 0 Å². The van der Waals surface area contributed by atoms with Crippen LogP contribution in [0.5, 0.6) is 0 Å². The number of ether oxygens (including phenoxy) is 1.